The molecule has 1 aliphatic heterocycles. The average Bonchev–Trinajstić information content (AvgIpc) is 2.65. The van der Waals surface area contributed by atoms with Gasteiger partial charge in [0.25, 0.3) is 5.84 Å². The van der Waals surface area contributed by atoms with Gasteiger partial charge >= 0.3 is 11.9 Å². The van der Waals surface area contributed by atoms with Crippen molar-refractivity contribution < 1.29 is 24.5 Å². The van der Waals surface area contributed by atoms with E-state index in [2.05, 4.69) is 10.3 Å². The van der Waals surface area contributed by atoms with E-state index in [0.717, 1.165) is 5.69 Å². The molecule has 1 saturated heterocycles. The maximum absolute atomic E-state index is 14.2. The van der Waals surface area contributed by atoms with E-state index >= 15 is 0 Å². The highest BCUT2D eigenvalue weighted by Crippen LogP contribution is 2.18. The Balaban J connectivity index is 1.56. The molecular weight excluding hydrogens is 387 g/mol. The zero-order valence-corrected chi connectivity index (χ0v) is 17.1. The van der Waals surface area contributed by atoms with Gasteiger partial charge in [-0.05, 0) is 42.2 Å². The largest absolute Gasteiger partial charge is 0.481 e. The number of pyridine rings is 1. The van der Waals surface area contributed by atoms with Gasteiger partial charge in [-0.2, -0.15) is 0 Å². The molecule has 2 aromatic rings. The molecule has 0 radical (unpaired) electrons. The maximum Gasteiger partial charge on any atom is 0.339 e. The summed E-state index contributed by atoms with van der Waals surface area (Å²) >= 11 is 0. The summed E-state index contributed by atoms with van der Waals surface area (Å²) in [6.45, 7) is 5.58. The lowest BCUT2D eigenvalue weighted by atomic mass is 10.0. The average molecular weight is 413 g/mol. The number of carboxylic acids is 1. The monoisotopic (exact) mass is 413 g/mol. The Morgan fingerprint density at radius 3 is 2.53 bits per heavy atom. The fraction of sp³-hybridized carbons (Fsp3) is 0.364. The first kappa shape index (κ1) is 21.6. The second-order valence-corrected chi connectivity index (χ2v) is 8.04. The van der Waals surface area contributed by atoms with Crippen molar-refractivity contribution in [3.05, 3.63) is 64.7 Å². The number of rotatable bonds is 7. The molecule has 0 unspecified atom stereocenters. The summed E-state index contributed by atoms with van der Waals surface area (Å²) in [6.07, 6.45) is 2.15. The van der Waals surface area contributed by atoms with Crippen molar-refractivity contribution in [2.75, 3.05) is 13.1 Å². The number of hydrogen-bond donors (Lipinski definition) is 3. The van der Waals surface area contributed by atoms with Crippen LogP contribution in [-0.4, -0.2) is 45.8 Å². The van der Waals surface area contributed by atoms with Gasteiger partial charge in [0.05, 0.1) is 22.7 Å². The predicted molar refractivity (Wildman–Crippen MR) is 109 cm³/mol. The molecular formula is C22H26FN4O3+. The van der Waals surface area contributed by atoms with Gasteiger partial charge in [-0.3, -0.25) is 20.1 Å². The van der Waals surface area contributed by atoms with E-state index in [1.165, 1.54) is 6.07 Å². The van der Waals surface area contributed by atoms with Crippen LogP contribution in [0.4, 0.5) is 4.39 Å². The topological polar surface area (TPSA) is 108 Å². The molecule has 1 amide bonds. The van der Waals surface area contributed by atoms with Crippen LogP contribution >= 0.6 is 0 Å². The Hall–Kier alpha value is -3.13. The number of aliphatic carboxylic acids is 1. The van der Waals surface area contributed by atoms with Gasteiger partial charge in [0.15, 0.2) is 0 Å². The third-order valence-electron chi connectivity index (χ3n) is 5.02. The highest BCUT2D eigenvalue weighted by atomic mass is 19.1. The number of halogens is 1. The molecule has 2 heterocycles. The number of hydrogen-bond acceptors (Lipinski definition) is 4. The van der Waals surface area contributed by atoms with Crippen molar-refractivity contribution in [1.82, 2.24) is 15.2 Å². The summed E-state index contributed by atoms with van der Waals surface area (Å²) in [5, 5.41) is 17.5. The van der Waals surface area contributed by atoms with E-state index in [0.29, 0.717) is 43.1 Å². The summed E-state index contributed by atoms with van der Waals surface area (Å²) in [6, 6.07) is 7.95. The van der Waals surface area contributed by atoms with Crippen LogP contribution in [0.15, 0.2) is 36.5 Å². The highest BCUT2D eigenvalue weighted by Gasteiger charge is 2.32. The van der Waals surface area contributed by atoms with Gasteiger partial charge in [-0.15, -0.1) is 0 Å². The molecule has 0 bridgehead atoms. The van der Waals surface area contributed by atoms with Crippen LogP contribution in [0.25, 0.3) is 0 Å². The first-order valence-corrected chi connectivity index (χ1v) is 9.85. The standard InChI is InChI=1S/C22H25FN4O3/c1-13(2)7-14-3-4-15(8-19(14)23)21(28)26-20(24)16-5-6-18(25-9-16)12-27-10-17(11-27)22(29)30/h3-6,8-9,13,17H,7,10-12H2,1-2H3,(H,29,30)(H2,24,26,28)/p+1. The van der Waals surface area contributed by atoms with Crippen molar-refractivity contribution in [3.8, 4) is 0 Å². The maximum atomic E-state index is 14.2. The predicted octanol–water partition coefficient (Wildman–Crippen LogP) is 0.871. The van der Waals surface area contributed by atoms with Crippen LogP contribution in [-0.2, 0) is 17.8 Å². The molecule has 0 saturated carbocycles. The number of nitrogens with one attached hydrogen (secondary N) is 1. The molecule has 3 rings (SSSR count). The van der Waals surface area contributed by atoms with Crippen LogP contribution in [0.1, 0.15) is 41.0 Å². The third kappa shape index (κ3) is 5.27. The zero-order valence-electron chi connectivity index (χ0n) is 17.1. The van der Waals surface area contributed by atoms with E-state index in [4.69, 9.17) is 10.5 Å². The second-order valence-electron chi connectivity index (χ2n) is 8.04. The van der Waals surface area contributed by atoms with Crippen LogP contribution in [0.3, 0.4) is 0 Å². The molecule has 4 N–H and O–H groups in total. The minimum absolute atomic E-state index is 0.126. The number of benzene rings is 1. The van der Waals surface area contributed by atoms with E-state index in [9.17, 15) is 14.0 Å². The molecule has 0 atom stereocenters. The molecule has 7 nitrogen and oxygen atoms in total. The fourth-order valence-electron chi connectivity index (χ4n) is 3.32. The Bertz CT molecular complexity index is 953. The van der Waals surface area contributed by atoms with Gasteiger partial charge in [-0.25, -0.2) is 14.5 Å². The van der Waals surface area contributed by atoms with Crippen LogP contribution in [0.2, 0.25) is 0 Å². The Kier molecular flexibility index (Phi) is 6.56. The summed E-state index contributed by atoms with van der Waals surface area (Å²) in [7, 11) is 0. The minimum atomic E-state index is -0.776. The Morgan fingerprint density at radius 2 is 1.97 bits per heavy atom. The molecule has 1 fully saturated rings. The first-order chi connectivity index (χ1) is 14.2. The number of nitrogens with zero attached hydrogens (tertiary/aromatic N) is 2. The smallest absolute Gasteiger partial charge is 0.339 e. The molecule has 30 heavy (non-hydrogen) atoms. The van der Waals surface area contributed by atoms with E-state index in [-0.39, 0.29) is 17.3 Å². The normalized spacial score (nSPS) is 14.4. The molecule has 8 heteroatoms. The van der Waals surface area contributed by atoms with Crippen LogP contribution in [0, 0.1) is 17.7 Å². The van der Waals surface area contributed by atoms with Gasteiger partial charge in [0.2, 0.25) is 0 Å². The number of nitrogens with two attached hydrogens (primary N) is 1. The molecule has 0 aliphatic carbocycles. The number of carbonyl (C=O) groups is 2. The fourth-order valence-corrected chi connectivity index (χ4v) is 3.32. The number of aromatic nitrogens is 1. The van der Waals surface area contributed by atoms with Crippen LogP contribution < -0.4 is 10.7 Å². The van der Waals surface area contributed by atoms with Crippen molar-refractivity contribution in [2.24, 2.45) is 11.8 Å². The van der Waals surface area contributed by atoms with E-state index in [1.807, 2.05) is 18.7 Å². The van der Waals surface area contributed by atoms with Gasteiger partial charge in [0.1, 0.15) is 5.82 Å². The minimum Gasteiger partial charge on any atom is -0.481 e. The van der Waals surface area contributed by atoms with Crippen molar-refractivity contribution >= 4 is 17.7 Å². The van der Waals surface area contributed by atoms with E-state index in [1.54, 1.807) is 30.5 Å². The molecule has 1 aromatic carbocycles. The highest BCUT2D eigenvalue weighted by molar-refractivity contribution is 6.10. The van der Waals surface area contributed by atoms with Crippen LogP contribution in [0.5, 0.6) is 0 Å². The summed E-state index contributed by atoms with van der Waals surface area (Å²) in [5.41, 5.74) is 2.09. The van der Waals surface area contributed by atoms with E-state index < -0.39 is 17.7 Å². The van der Waals surface area contributed by atoms with Gasteiger partial charge < -0.3 is 5.11 Å². The molecule has 1 aromatic heterocycles. The lowest BCUT2D eigenvalue weighted by molar-refractivity contribution is -0.147. The first-order valence-electron chi connectivity index (χ1n) is 9.85. The summed E-state index contributed by atoms with van der Waals surface area (Å²) in [5.74, 6) is -1.54. The summed E-state index contributed by atoms with van der Waals surface area (Å²) < 4.78 is 14.2. The van der Waals surface area contributed by atoms with Crippen molar-refractivity contribution in [2.45, 2.75) is 26.8 Å². The van der Waals surface area contributed by atoms with Crippen molar-refractivity contribution in [3.63, 3.8) is 0 Å². The molecule has 1 aliphatic rings. The number of amides is 1. The number of amidine groups is 1. The van der Waals surface area contributed by atoms with Crippen molar-refractivity contribution in [1.29, 1.82) is 0 Å². The SMILES string of the molecule is CC(C)Cc1ccc(C(=O)NC(=[NH2+])c2ccc(CN3CC(C(=O)O)C3)nc2)cc1F. The third-order valence-corrected chi connectivity index (χ3v) is 5.02. The quantitative estimate of drug-likeness (QED) is 0.461. The lowest BCUT2D eigenvalue weighted by Crippen LogP contribution is -2.51. The van der Waals surface area contributed by atoms with Gasteiger partial charge in [0, 0.05) is 25.8 Å². The lowest BCUT2D eigenvalue weighted by Gasteiger charge is -2.36. The molecule has 158 valence electrons. The number of carboxylic acid groups (broad SMARTS) is 1. The Labute approximate surface area is 174 Å². The van der Waals surface area contributed by atoms with Gasteiger partial charge in [-0.1, -0.05) is 19.9 Å². The second kappa shape index (κ2) is 9.13. The number of carbonyl (C=O) groups excluding carboxylic acids is 1. The summed E-state index contributed by atoms with van der Waals surface area (Å²) in [4.78, 5) is 29.6. The zero-order chi connectivity index (χ0) is 21.8. The number of likely N-dealkylation sites (tertiary alicyclic amines) is 1. The molecule has 0 spiro atoms. The Morgan fingerprint density at radius 1 is 1.27 bits per heavy atom.